The molecule has 1 N–H and O–H groups in total. The first kappa shape index (κ1) is 26.2. The Bertz CT molecular complexity index is 969. The van der Waals surface area contributed by atoms with Gasteiger partial charge in [0.2, 0.25) is 5.91 Å². The van der Waals surface area contributed by atoms with E-state index >= 15 is 0 Å². The van der Waals surface area contributed by atoms with Gasteiger partial charge in [-0.3, -0.25) is 4.79 Å². The van der Waals surface area contributed by atoms with Gasteiger partial charge in [-0.2, -0.15) is 0 Å². The zero-order chi connectivity index (χ0) is 25.2. The monoisotopic (exact) mass is 484 g/mol. The highest BCUT2D eigenvalue weighted by molar-refractivity contribution is 5.84. The van der Waals surface area contributed by atoms with E-state index < -0.39 is 0 Å². The highest BCUT2D eigenvalue weighted by Crippen LogP contribution is 2.23. The van der Waals surface area contributed by atoms with E-state index in [4.69, 9.17) is 9.47 Å². The molecule has 0 bridgehead atoms. The number of rotatable bonds is 9. The van der Waals surface area contributed by atoms with Crippen molar-refractivity contribution in [3.05, 3.63) is 36.4 Å². The van der Waals surface area contributed by atoms with Gasteiger partial charge >= 0.3 is 6.03 Å². The van der Waals surface area contributed by atoms with Crippen LogP contribution in [0.1, 0.15) is 20.3 Å². The summed E-state index contributed by atoms with van der Waals surface area (Å²) in [7, 11) is 3.22. The average Bonchev–Trinajstić information content (AvgIpc) is 3.12. The molecule has 1 aliphatic heterocycles. The predicted molar refractivity (Wildman–Crippen MR) is 135 cm³/mol. The normalized spacial score (nSPS) is 14.0. The molecular formula is C25H36N6O4. The lowest BCUT2D eigenvalue weighted by atomic mass is 10.1. The molecule has 1 aromatic carbocycles. The van der Waals surface area contributed by atoms with Crippen LogP contribution in [0.4, 0.5) is 10.6 Å². The van der Waals surface area contributed by atoms with Crippen LogP contribution < -0.4 is 15.0 Å². The fraction of sp³-hybridized carbons (Fsp3) is 0.520. The number of ether oxygens (including phenoxy) is 2. The second kappa shape index (κ2) is 12.9. The van der Waals surface area contributed by atoms with Crippen molar-refractivity contribution in [3.63, 3.8) is 0 Å². The summed E-state index contributed by atoms with van der Waals surface area (Å²) in [5, 5.41) is 11.7. The van der Waals surface area contributed by atoms with Gasteiger partial charge in [-0.05, 0) is 44.5 Å². The summed E-state index contributed by atoms with van der Waals surface area (Å²) in [6, 6.07) is 11.4. The Labute approximate surface area is 207 Å². The first-order valence-corrected chi connectivity index (χ1v) is 12.0. The van der Waals surface area contributed by atoms with E-state index in [0.29, 0.717) is 32.8 Å². The molecule has 2 aromatic rings. The molecular weight excluding hydrogens is 448 g/mol. The average molecular weight is 485 g/mol. The third-order valence-electron chi connectivity index (χ3n) is 5.78. The van der Waals surface area contributed by atoms with Gasteiger partial charge in [-0.15, -0.1) is 10.2 Å². The highest BCUT2D eigenvalue weighted by Gasteiger charge is 2.24. The lowest BCUT2D eigenvalue weighted by Gasteiger charge is -2.27. The minimum atomic E-state index is -0.256. The van der Waals surface area contributed by atoms with E-state index in [0.717, 1.165) is 35.8 Å². The zero-order valence-corrected chi connectivity index (χ0v) is 21.1. The van der Waals surface area contributed by atoms with Crippen LogP contribution in [0.15, 0.2) is 36.4 Å². The molecule has 10 nitrogen and oxygen atoms in total. The number of amides is 3. The number of carbonyl (C=O) groups excluding carboxylic acids is 2. The fourth-order valence-corrected chi connectivity index (χ4v) is 3.88. The first-order chi connectivity index (χ1) is 16.9. The summed E-state index contributed by atoms with van der Waals surface area (Å²) in [5.41, 5.74) is 1.71. The van der Waals surface area contributed by atoms with E-state index in [2.05, 4.69) is 20.4 Å². The van der Waals surface area contributed by atoms with E-state index in [9.17, 15) is 9.59 Å². The van der Waals surface area contributed by atoms with Crippen molar-refractivity contribution in [1.82, 2.24) is 25.3 Å². The van der Waals surface area contributed by atoms with E-state index in [1.807, 2.05) is 55.1 Å². The lowest BCUT2D eigenvalue weighted by Crippen LogP contribution is -2.49. The van der Waals surface area contributed by atoms with Gasteiger partial charge < -0.3 is 29.5 Å². The molecule has 3 amide bonds. The van der Waals surface area contributed by atoms with E-state index in [-0.39, 0.29) is 24.5 Å². The number of nitrogens with one attached hydrogen (secondary N) is 1. The van der Waals surface area contributed by atoms with Crippen LogP contribution in [0.3, 0.4) is 0 Å². The van der Waals surface area contributed by atoms with Crippen molar-refractivity contribution in [3.8, 4) is 17.0 Å². The number of urea groups is 1. The molecule has 0 spiro atoms. The number of nitrogens with zero attached hydrogens (tertiary/aromatic N) is 5. The molecule has 0 saturated carbocycles. The van der Waals surface area contributed by atoms with Crippen molar-refractivity contribution >= 4 is 17.8 Å². The van der Waals surface area contributed by atoms with Gasteiger partial charge in [-0.1, -0.05) is 12.1 Å². The number of carbonyl (C=O) groups is 2. The quantitative estimate of drug-likeness (QED) is 0.583. The predicted octanol–water partition coefficient (Wildman–Crippen LogP) is 2.26. The van der Waals surface area contributed by atoms with Crippen molar-refractivity contribution in [2.24, 2.45) is 0 Å². The van der Waals surface area contributed by atoms with Crippen LogP contribution in [0.2, 0.25) is 0 Å². The topological polar surface area (TPSA) is 100 Å². The third-order valence-corrected chi connectivity index (χ3v) is 5.78. The van der Waals surface area contributed by atoms with E-state index in [1.54, 1.807) is 14.2 Å². The minimum Gasteiger partial charge on any atom is -0.497 e. The van der Waals surface area contributed by atoms with Gasteiger partial charge in [0, 0.05) is 51.4 Å². The van der Waals surface area contributed by atoms with E-state index in [1.165, 1.54) is 4.90 Å². The number of hydrogen-bond donors (Lipinski definition) is 1. The molecule has 0 atom stereocenters. The molecule has 0 unspecified atom stereocenters. The summed E-state index contributed by atoms with van der Waals surface area (Å²) in [6.07, 6.45) is 0.807. The number of benzene rings is 1. The van der Waals surface area contributed by atoms with Gasteiger partial charge in [0.1, 0.15) is 12.3 Å². The second-order valence-electron chi connectivity index (χ2n) is 8.75. The molecule has 10 heteroatoms. The zero-order valence-electron chi connectivity index (χ0n) is 21.1. The van der Waals surface area contributed by atoms with Crippen LogP contribution in [0.5, 0.6) is 5.75 Å². The largest absolute Gasteiger partial charge is 0.497 e. The summed E-state index contributed by atoms with van der Waals surface area (Å²) in [4.78, 5) is 31.0. The Morgan fingerprint density at radius 2 is 1.91 bits per heavy atom. The van der Waals surface area contributed by atoms with Crippen LogP contribution in [-0.4, -0.2) is 98.1 Å². The molecule has 1 fully saturated rings. The van der Waals surface area contributed by atoms with Crippen molar-refractivity contribution in [2.75, 3.05) is 65.0 Å². The Hall–Kier alpha value is -3.40. The molecule has 2 heterocycles. The molecule has 35 heavy (non-hydrogen) atoms. The molecule has 0 radical (unpaired) electrons. The van der Waals surface area contributed by atoms with Crippen LogP contribution in [-0.2, 0) is 9.53 Å². The Morgan fingerprint density at radius 3 is 2.60 bits per heavy atom. The maximum Gasteiger partial charge on any atom is 0.318 e. The molecule has 3 rings (SSSR count). The Morgan fingerprint density at radius 1 is 1.09 bits per heavy atom. The number of aromatic nitrogens is 2. The van der Waals surface area contributed by atoms with Crippen molar-refractivity contribution < 1.29 is 19.1 Å². The van der Waals surface area contributed by atoms with Gasteiger partial charge in [0.15, 0.2) is 5.82 Å². The Balaban J connectivity index is 1.59. The molecule has 1 aliphatic rings. The molecule has 1 saturated heterocycles. The fourth-order valence-electron chi connectivity index (χ4n) is 3.88. The van der Waals surface area contributed by atoms with Gasteiger partial charge in [-0.25, -0.2) is 4.79 Å². The summed E-state index contributed by atoms with van der Waals surface area (Å²) in [6.45, 7) is 7.15. The van der Waals surface area contributed by atoms with Crippen molar-refractivity contribution in [1.29, 1.82) is 0 Å². The smallest absolute Gasteiger partial charge is 0.318 e. The second-order valence-corrected chi connectivity index (χ2v) is 8.75. The number of methoxy groups -OCH3 is 2. The molecule has 1 aromatic heterocycles. The summed E-state index contributed by atoms with van der Waals surface area (Å²) in [5.74, 6) is 1.48. The summed E-state index contributed by atoms with van der Waals surface area (Å²) < 4.78 is 10.4. The maximum absolute atomic E-state index is 13.0. The first-order valence-electron chi connectivity index (χ1n) is 12.0. The van der Waals surface area contributed by atoms with Gasteiger partial charge in [0.25, 0.3) is 0 Å². The molecule has 190 valence electrons. The third kappa shape index (κ3) is 7.54. The van der Waals surface area contributed by atoms with Crippen molar-refractivity contribution in [2.45, 2.75) is 26.3 Å². The lowest BCUT2D eigenvalue weighted by molar-refractivity contribution is -0.131. The van der Waals surface area contributed by atoms with Crippen LogP contribution >= 0.6 is 0 Å². The minimum absolute atomic E-state index is 0.00851. The number of anilines is 1. The Kier molecular flexibility index (Phi) is 9.66. The SMILES string of the molecule is COCCN(CC(=O)N1CCCN(c2ccc(-c3cccc(OC)c3)nn2)CC1)C(=O)NC(C)C. The van der Waals surface area contributed by atoms with Gasteiger partial charge in [0.05, 0.1) is 19.4 Å². The molecule has 0 aliphatic carbocycles. The summed E-state index contributed by atoms with van der Waals surface area (Å²) >= 11 is 0. The van der Waals surface area contributed by atoms with Crippen LogP contribution in [0.25, 0.3) is 11.3 Å². The number of hydrogen-bond acceptors (Lipinski definition) is 7. The van der Waals surface area contributed by atoms with Crippen LogP contribution in [0, 0.1) is 0 Å². The highest BCUT2D eigenvalue weighted by atomic mass is 16.5. The standard InChI is InChI=1S/C25H36N6O4/c1-19(2)26-25(33)31(15-16-34-3)18-24(32)30-12-6-11-29(13-14-30)23-10-9-22(27-28-23)20-7-5-8-21(17-20)35-4/h5,7-10,17,19H,6,11-16,18H2,1-4H3,(H,26,33). The maximum atomic E-state index is 13.0.